The van der Waals surface area contributed by atoms with Crippen molar-refractivity contribution in [1.82, 2.24) is 0 Å². The summed E-state index contributed by atoms with van der Waals surface area (Å²) < 4.78 is 13.5. The number of halogens is 1. The summed E-state index contributed by atoms with van der Waals surface area (Å²) in [5.74, 6) is 0.954. The van der Waals surface area contributed by atoms with Gasteiger partial charge in [-0.3, -0.25) is 4.99 Å². The molecule has 5 nitrogen and oxygen atoms in total. The highest BCUT2D eigenvalue weighted by Gasteiger charge is 2.28. The largest absolute Gasteiger partial charge is 0.368 e. The lowest BCUT2D eigenvalue weighted by molar-refractivity contribution is 0.617. The number of aliphatic imine (C=N–C) groups is 4. The first-order chi connectivity index (χ1) is 9.24. The van der Waals surface area contributed by atoms with Gasteiger partial charge in [-0.05, 0) is 11.6 Å². The summed E-state index contributed by atoms with van der Waals surface area (Å²) in [6, 6.07) is 6.37. The smallest absolute Gasteiger partial charge is 0.222 e. The normalized spacial score (nSPS) is 20.7. The van der Waals surface area contributed by atoms with Crippen LogP contribution >= 0.6 is 11.8 Å². The molecule has 1 aromatic rings. The summed E-state index contributed by atoms with van der Waals surface area (Å²) in [7, 11) is 0. The maximum absolute atomic E-state index is 13.5. The molecule has 1 atom stereocenters. The van der Waals surface area contributed by atoms with Crippen LogP contribution in [0.3, 0.4) is 0 Å². The highest BCUT2D eigenvalue weighted by molar-refractivity contribution is 8.13. The van der Waals surface area contributed by atoms with Crippen molar-refractivity contribution in [1.29, 1.82) is 0 Å². The fraction of sp³-hybridized carbons (Fsp3) is 0.167. The number of benzene rings is 1. The molecule has 0 spiro atoms. The molecule has 0 saturated heterocycles. The maximum atomic E-state index is 13.5. The van der Waals surface area contributed by atoms with E-state index >= 15 is 0 Å². The molecule has 0 saturated carbocycles. The Kier molecular flexibility index (Phi) is 3.12. The van der Waals surface area contributed by atoms with Crippen molar-refractivity contribution >= 4 is 34.9 Å². The number of fused-ring (bicyclic) bond motifs is 1. The third-order valence-corrected chi connectivity index (χ3v) is 3.74. The molecule has 0 radical (unpaired) electrons. The summed E-state index contributed by atoms with van der Waals surface area (Å²) in [5, 5.41) is 0.697. The van der Waals surface area contributed by atoms with Crippen molar-refractivity contribution in [2.24, 2.45) is 25.7 Å². The summed E-state index contributed by atoms with van der Waals surface area (Å²) in [5.41, 5.74) is 6.24. The van der Waals surface area contributed by atoms with Crippen LogP contribution in [0, 0.1) is 5.82 Å². The van der Waals surface area contributed by atoms with Crippen molar-refractivity contribution in [3.63, 3.8) is 0 Å². The molecule has 1 aromatic carbocycles. The van der Waals surface area contributed by atoms with Gasteiger partial charge < -0.3 is 5.73 Å². The standard InChI is InChI=1S/C12H10FN5S/c13-8-4-2-1-3-7(8)5-19-11-9-10(16-6-15-9)17-12(14)18-11/h1-4,6,9H,5H2,(H2,14,15,16,17). The first-order valence-electron chi connectivity index (χ1n) is 5.62. The molecule has 0 aliphatic carbocycles. The van der Waals surface area contributed by atoms with E-state index in [-0.39, 0.29) is 17.8 Å². The molecular weight excluding hydrogens is 265 g/mol. The van der Waals surface area contributed by atoms with E-state index in [1.165, 1.54) is 24.2 Å². The minimum atomic E-state index is -0.288. The van der Waals surface area contributed by atoms with Crippen LogP contribution in [0.2, 0.25) is 0 Å². The second-order valence-corrected chi connectivity index (χ2v) is 4.95. The van der Waals surface area contributed by atoms with E-state index in [1.807, 2.05) is 0 Å². The van der Waals surface area contributed by atoms with Gasteiger partial charge in [-0.2, -0.15) is 4.99 Å². The number of thioether (sulfide) groups is 1. The Morgan fingerprint density at radius 2 is 2.11 bits per heavy atom. The number of rotatable bonds is 2. The third kappa shape index (κ3) is 2.41. The van der Waals surface area contributed by atoms with Crippen LogP contribution in [0.25, 0.3) is 0 Å². The van der Waals surface area contributed by atoms with Gasteiger partial charge in [0.05, 0.1) is 0 Å². The Morgan fingerprint density at radius 3 is 2.95 bits per heavy atom. The predicted molar refractivity (Wildman–Crippen MR) is 76.5 cm³/mol. The Bertz CT molecular complexity index is 635. The number of nitrogens with two attached hydrogens (primary N) is 1. The van der Waals surface area contributed by atoms with Crippen molar-refractivity contribution < 1.29 is 4.39 Å². The van der Waals surface area contributed by atoms with E-state index in [4.69, 9.17) is 5.73 Å². The second-order valence-electron chi connectivity index (χ2n) is 3.95. The molecule has 96 valence electrons. The summed E-state index contributed by atoms with van der Waals surface area (Å²) in [6.45, 7) is 0. The number of guanidine groups is 1. The van der Waals surface area contributed by atoms with E-state index in [0.717, 1.165) is 0 Å². The molecule has 2 heterocycles. The molecule has 0 fully saturated rings. The lowest BCUT2D eigenvalue weighted by Crippen LogP contribution is -2.31. The van der Waals surface area contributed by atoms with Crippen molar-refractivity contribution in [2.45, 2.75) is 11.8 Å². The fourth-order valence-electron chi connectivity index (χ4n) is 1.76. The predicted octanol–water partition coefficient (Wildman–Crippen LogP) is 1.59. The molecule has 2 aliphatic heterocycles. The van der Waals surface area contributed by atoms with Crippen LogP contribution in [0.1, 0.15) is 5.56 Å². The van der Waals surface area contributed by atoms with E-state index in [2.05, 4.69) is 20.0 Å². The number of nitrogens with zero attached hydrogens (tertiary/aromatic N) is 4. The molecule has 1 unspecified atom stereocenters. The van der Waals surface area contributed by atoms with Crippen LogP contribution in [-0.4, -0.2) is 29.2 Å². The van der Waals surface area contributed by atoms with Crippen LogP contribution in [0.4, 0.5) is 4.39 Å². The van der Waals surface area contributed by atoms with Crippen LogP contribution in [0.5, 0.6) is 0 Å². The fourth-order valence-corrected chi connectivity index (χ4v) is 2.78. The average Bonchev–Trinajstić information content (AvgIpc) is 2.85. The van der Waals surface area contributed by atoms with Gasteiger partial charge in [0.2, 0.25) is 5.96 Å². The molecule has 0 aromatic heterocycles. The third-order valence-electron chi connectivity index (χ3n) is 2.67. The minimum absolute atomic E-state index is 0.163. The van der Waals surface area contributed by atoms with Gasteiger partial charge in [0.1, 0.15) is 17.2 Å². The average molecular weight is 275 g/mol. The Hall–Kier alpha value is -2.02. The zero-order valence-electron chi connectivity index (χ0n) is 9.82. The summed E-state index contributed by atoms with van der Waals surface area (Å²) >= 11 is 1.40. The lowest BCUT2D eigenvalue weighted by Gasteiger charge is -2.15. The number of amidine groups is 1. The van der Waals surface area contributed by atoms with Crippen LogP contribution in [0.15, 0.2) is 44.2 Å². The van der Waals surface area contributed by atoms with Crippen molar-refractivity contribution in [2.75, 3.05) is 0 Å². The SMILES string of the molecule is NC1=NC2=NC=NC2C(SCc2ccccc2F)=N1. The van der Waals surface area contributed by atoms with Gasteiger partial charge in [0.15, 0.2) is 11.9 Å². The van der Waals surface area contributed by atoms with E-state index in [1.54, 1.807) is 18.2 Å². The van der Waals surface area contributed by atoms with Crippen LogP contribution < -0.4 is 5.73 Å². The Morgan fingerprint density at radius 1 is 1.26 bits per heavy atom. The van der Waals surface area contributed by atoms with Gasteiger partial charge in [0.25, 0.3) is 0 Å². The first kappa shape index (κ1) is 12.0. The van der Waals surface area contributed by atoms with Gasteiger partial charge >= 0.3 is 0 Å². The maximum Gasteiger partial charge on any atom is 0.222 e. The zero-order valence-corrected chi connectivity index (χ0v) is 10.6. The highest BCUT2D eigenvalue weighted by atomic mass is 32.2. The topological polar surface area (TPSA) is 75.5 Å². The Labute approximate surface area is 113 Å². The monoisotopic (exact) mass is 275 g/mol. The quantitative estimate of drug-likeness (QED) is 0.890. The first-order valence-corrected chi connectivity index (χ1v) is 6.61. The zero-order chi connectivity index (χ0) is 13.2. The summed E-state index contributed by atoms with van der Waals surface area (Å²) in [6.07, 6.45) is 1.45. The molecule has 7 heteroatoms. The summed E-state index contributed by atoms with van der Waals surface area (Å²) in [4.78, 5) is 16.4. The second kappa shape index (κ2) is 4.93. The number of hydrogen-bond donors (Lipinski definition) is 1. The number of hydrogen-bond acceptors (Lipinski definition) is 6. The molecular formula is C12H10FN5S. The van der Waals surface area contributed by atoms with Gasteiger partial charge in [-0.15, -0.1) is 11.8 Å². The minimum Gasteiger partial charge on any atom is -0.368 e. The van der Waals surface area contributed by atoms with Gasteiger partial charge in [-0.1, -0.05) is 18.2 Å². The molecule has 3 rings (SSSR count). The van der Waals surface area contributed by atoms with Gasteiger partial charge in [-0.25, -0.2) is 14.4 Å². The molecule has 0 amide bonds. The van der Waals surface area contributed by atoms with Crippen molar-refractivity contribution in [3.05, 3.63) is 35.6 Å². The molecule has 19 heavy (non-hydrogen) atoms. The van der Waals surface area contributed by atoms with Crippen LogP contribution in [-0.2, 0) is 5.75 Å². The van der Waals surface area contributed by atoms with E-state index in [0.29, 0.717) is 22.2 Å². The van der Waals surface area contributed by atoms with E-state index < -0.39 is 0 Å². The molecule has 2 N–H and O–H groups in total. The molecule has 2 aliphatic rings. The molecule has 0 bridgehead atoms. The van der Waals surface area contributed by atoms with Gasteiger partial charge in [0, 0.05) is 5.75 Å². The van der Waals surface area contributed by atoms with E-state index in [9.17, 15) is 4.39 Å². The highest BCUT2D eigenvalue weighted by Crippen LogP contribution is 2.23. The van der Waals surface area contributed by atoms with Crippen molar-refractivity contribution in [3.8, 4) is 0 Å². The lowest BCUT2D eigenvalue weighted by atomic mass is 10.2. The Balaban J connectivity index is 1.77.